The molecule has 0 aliphatic heterocycles. The Balaban J connectivity index is 1.47. The van der Waals surface area contributed by atoms with Crippen molar-refractivity contribution in [1.29, 1.82) is 0 Å². The zero-order chi connectivity index (χ0) is 16.4. The third-order valence-electron chi connectivity index (χ3n) is 3.50. The Morgan fingerprint density at radius 3 is 2.88 bits per heavy atom. The molecule has 0 saturated carbocycles. The van der Waals surface area contributed by atoms with Gasteiger partial charge in [0.15, 0.2) is 5.13 Å². The van der Waals surface area contributed by atoms with Crippen LogP contribution in [0.2, 0.25) is 0 Å². The van der Waals surface area contributed by atoms with E-state index in [-0.39, 0.29) is 5.91 Å². The molecule has 2 heterocycles. The Labute approximate surface area is 146 Å². The fraction of sp³-hybridized carbons (Fsp3) is 0.0588. The molecule has 0 radical (unpaired) electrons. The van der Waals surface area contributed by atoms with Gasteiger partial charge in [-0.2, -0.15) is 0 Å². The molecule has 0 spiro atoms. The van der Waals surface area contributed by atoms with Crippen molar-refractivity contribution in [2.24, 2.45) is 0 Å². The largest absolute Gasteiger partial charge is 0.298 e. The summed E-state index contributed by atoms with van der Waals surface area (Å²) in [5, 5.41) is 7.44. The molecular weight excluding hydrogens is 340 g/mol. The second-order valence-corrected chi connectivity index (χ2v) is 7.10. The molecule has 2 aromatic heterocycles. The Bertz CT molecular complexity index is 994. The van der Waals surface area contributed by atoms with Gasteiger partial charge in [0.2, 0.25) is 0 Å². The molecule has 0 saturated heterocycles. The number of thiazole rings is 1. The zero-order valence-corrected chi connectivity index (χ0v) is 14.1. The van der Waals surface area contributed by atoms with E-state index < -0.39 is 0 Å². The smallest absolute Gasteiger partial charge is 0.257 e. The van der Waals surface area contributed by atoms with Gasteiger partial charge in [-0.15, -0.1) is 16.4 Å². The summed E-state index contributed by atoms with van der Waals surface area (Å²) < 4.78 is 4.84. The summed E-state index contributed by atoms with van der Waals surface area (Å²) in [6.07, 6.45) is 2.62. The normalized spacial score (nSPS) is 10.8. The Kier molecular flexibility index (Phi) is 4.02. The summed E-state index contributed by atoms with van der Waals surface area (Å²) in [5.41, 5.74) is 2.51. The molecular formula is C17H12N4OS2. The molecule has 0 unspecified atom stereocenters. The lowest BCUT2D eigenvalue weighted by Crippen LogP contribution is -2.11. The minimum atomic E-state index is -0.189. The van der Waals surface area contributed by atoms with Crippen molar-refractivity contribution < 1.29 is 4.79 Å². The molecule has 0 bridgehead atoms. The number of benzene rings is 2. The lowest BCUT2D eigenvalue weighted by molar-refractivity contribution is 0.102. The first-order valence-electron chi connectivity index (χ1n) is 7.30. The lowest BCUT2D eigenvalue weighted by atomic mass is 10.1. The van der Waals surface area contributed by atoms with Crippen molar-refractivity contribution in [2.75, 3.05) is 5.32 Å². The number of nitrogens with zero attached hydrogens (tertiary/aromatic N) is 3. The van der Waals surface area contributed by atoms with Crippen molar-refractivity contribution in [3.63, 3.8) is 0 Å². The summed E-state index contributed by atoms with van der Waals surface area (Å²) in [6, 6.07) is 15.6. The fourth-order valence-electron chi connectivity index (χ4n) is 2.34. The first-order valence-corrected chi connectivity index (χ1v) is 8.89. The molecule has 1 N–H and O–H groups in total. The van der Waals surface area contributed by atoms with Gasteiger partial charge in [-0.1, -0.05) is 34.8 Å². The molecule has 24 heavy (non-hydrogen) atoms. The number of nitrogens with one attached hydrogen (secondary N) is 1. The van der Waals surface area contributed by atoms with E-state index in [1.54, 1.807) is 18.3 Å². The van der Waals surface area contributed by atoms with E-state index in [9.17, 15) is 4.79 Å². The van der Waals surface area contributed by atoms with Crippen LogP contribution >= 0.6 is 22.9 Å². The molecule has 0 aliphatic rings. The van der Waals surface area contributed by atoms with E-state index in [0.29, 0.717) is 10.7 Å². The Hall–Kier alpha value is -2.64. The highest BCUT2D eigenvalue weighted by atomic mass is 32.1. The number of fused-ring (bicyclic) bond motifs is 1. The fourth-order valence-corrected chi connectivity index (χ4v) is 3.72. The molecule has 0 aliphatic carbocycles. The maximum Gasteiger partial charge on any atom is 0.257 e. The van der Waals surface area contributed by atoms with Crippen LogP contribution in [0.1, 0.15) is 20.8 Å². The number of carbonyl (C=O) groups is 1. The van der Waals surface area contributed by atoms with Crippen LogP contribution in [0.25, 0.3) is 10.2 Å². The highest BCUT2D eigenvalue weighted by molar-refractivity contribution is 7.15. The minimum absolute atomic E-state index is 0.189. The van der Waals surface area contributed by atoms with Crippen LogP contribution in [-0.2, 0) is 6.42 Å². The van der Waals surface area contributed by atoms with E-state index in [0.717, 1.165) is 21.5 Å². The predicted octanol–water partition coefficient (Wildman–Crippen LogP) is 3.99. The number of rotatable bonds is 4. The van der Waals surface area contributed by atoms with Gasteiger partial charge in [-0.3, -0.25) is 10.1 Å². The molecule has 7 heteroatoms. The van der Waals surface area contributed by atoms with Crippen LogP contribution in [0, 0.1) is 0 Å². The van der Waals surface area contributed by atoms with Crippen molar-refractivity contribution in [3.05, 3.63) is 70.7 Å². The van der Waals surface area contributed by atoms with E-state index in [1.807, 2.05) is 24.3 Å². The van der Waals surface area contributed by atoms with Crippen LogP contribution in [0.3, 0.4) is 0 Å². The quantitative estimate of drug-likeness (QED) is 0.603. The first kappa shape index (κ1) is 14.9. The highest BCUT2D eigenvalue weighted by Gasteiger charge is 2.11. The van der Waals surface area contributed by atoms with Gasteiger partial charge in [0.1, 0.15) is 5.52 Å². The van der Waals surface area contributed by atoms with E-state index in [1.165, 1.54) is 28.4 Å². The average molecular weight is 352 g/mol. The van der Waals surface area contributed by atoms with Crippen LogP contribution in [0.15, 0.2) is 54.7 Å². The molecule has 118 valence electrons. The molecule has 5 nitrogen and oxygen atoms in total. The Morgan fingerprint density at radius 2 is 2.00 bits per heavy atom. The van der Waals surface area contributed by atoms with Crippen LogP contribution in [-0.4, -0.2) is 20.5 Å². The van der Waals surface area contributed by atoms with Gasteiger partial charge in [-0.05, 0) is 35.3 Å². The van der Waals surface area contributed by atoms with Crippen molar-refractivity contribution in [3.8, 4) is 0 Å². The van der Waals surface area contributed by atoms with Gasteiger partial charge in [0.05, 0.1) is 4.70 Å². The molecule has 4 rings (SSSR count). The maximum absolute atomic E-state index is 12.4. The van der Waals surface area contributed by atoms with Gasteiger partial charge in [0.25, 0.3) is 5.91 Å². The number of hydrogen-bond donors (Lipinski definition) is 1. The summed E-state index contributed by atoms with van der Waals surface area (Å²) in [5.74, 6) is -0.189. The van der Waals surface area contributed by atoms with E-state index in [4.69, 9.17) is 0 Å². The zero-order valence-electron chi connectivity index (χ0n) is 12.5. The van der Waals surface area contributed by atoms with Crippen LogP contribution < -0.4 is 5.32 Å². The third kappa shape index (κ3) is 3.17. The molecule has 2 aromatic carbocycles. The van der Waals surface area contributed by atoms with Crippen LogP contribution in [0.4, 0.5) is 5.13 Å². The highest BCUT2D eigenvalue weighted by Crippen LogP contribution is 2.22. The maximum atomic E-state index is 12.4. The third-order valence-corrected chi connectivity index (χ3v) is 5.12. The SMILES string of the molecule is O=C(Nc1ncc(Cc2ccccc2)s1)c1ccc2snnc2c1. The van der Waals surface area contributed by atoms with Crippen LogP contribution in [0.5, 0.6) is 0 Å². The minimum Gasteiger partial charge on any atom is -0.298 e. The van der Waals surface area contributed by atoms with Gasteiger partial charge < -0.3 is 0 Å². The first-order chi connectivity index (χ1) is 11.8. The number of carbonyl (C=O) groups excluding carboxylic acids is 1. The average Bonchev–Trinajstić information content (AvgIpc) is 3.24. The van der Waals surface area contributed by atoms with Gasteiger partial charge >= 0.3 is 0 Å². The molecule has 0 fully saturated rings. The number of amides is 1. The number of hydrogen-bond acceptors (Lipinski definition) is 6. The number of aromatic nitrogens is 3. The van der Waals surface area contributed by atoms with Gasteiger partial charge in [-0.25, -0.2) is 4.98 Å². The Morgan fingerprint density at radius 1 is 1.12 bits per heavy atom. The standard InChI is InChI=1S/C17H12N4OS2/c22-16(12-6-7-15-14(9-12)20-21-24-15)19-17-18-10-13(23-17)8-11-4-2-1-3-5-11/h1-7,9-10H,8H2,(H,18,19,22). The monoisotopic (exact) mass is 352 g/mol. The molecule has 0 atom stereocenters. The summed E-state index contributed by atoms with van der Waals surface area (Å²) in [6.45, 7) is 0. The van der Waals surface area contributed by atoms with Crippen molar-refractivity contribution in [2.45, 2.75) is 6.42 Å². The summed E-state index contributed by atoms with van der Waals surface area (Å²) in [4.78, 5) is 17.8. The second-order valence-electron chi connectivity index (χ2n) is 5.20. The van der Waals surface area contributed by atoms with E-state index >= 15 is 0 Å². The van der Waals surface area contributed by atoms with Gasteiger partial charge in [0, 0.05) is 23.1 Å². The van der Waals surface area contributed by atoms with Crippen molar-refractivity contribution >= 4 is 44.1 Å². The van der Waals surface area contributed by atoms with Crippen molar-refractivity contribution in [1.82, 2.24) is 14.6 Å². The summed E-state index contributed by atoms with van der Waals surface area (Å²) in [7, 11) is 0. The summed E-state index contributed by atoms with van der Waals surface area (Å²) >= 11 is 2.80. The topological polar surface area (TPSA) is 67.8 Å². The predicted molar refractivity (Wildman–Crippen MR) is 96.7 cm³/mol. The second kappa shape index (κ2) is 6.46. The molecule has 4 aromatic rings. The lowest BCUT2D eigenvalue weighted by Gasteiger charge is -2.01. The van der Waals surface area contributed by atoms with E-state index in [2.05, 4.69) is 32.0 Å². The number of anilines is 1. The molecule has 1 amide bonds.